The molecule has 0 radical (unpaired) electrons. The van der Waals surface area contributed by atoms with Gasteiger partial charge in [0.2, 0.25) is 0 Å². The molecule has 0 spiro atoms. The van der Waals surface area contributed by atoms with Gasteiger partial charge >= 0.3 is 0 Å². The highest BCUT2D eigenvalue weighted by molar-refractivity contribution is 5.07. The third-order valence-electron chi connectivity index (χ3n) is 1.27. The van der Waals surface area contributed by atoms with Crippen LogP contribution in [0.4, 0.5) is 0 Å². The van der Waals surface area contributed by atoms with Gasteiger partial charge in [-0.05, 0) is 18.4 Å². The average molecular weight is 138 g/mol. The summed E-state index contributed by atoms with van der Waals surface area (Å²) < 4.78 is 0. The summed E-state index contributed by atoms with van der Waals surface area (Å²) in [5.74, 6) is 0. The molecule has 0 aliphatic rings. The molecule has 0 saturated carbocycles. The van der Waals surface area contributed by atoms with Crippen molar-refractivity contribution in [1.29, 1.82) is 0 Å². The highest BCUT2D eigenvalue weighted by Crippen LogP contribution is 2.08. The normalized spacial score (nSPS) is 12.1. The van der Waals surface area contributed by atoms with Crippen molar-refractivity contribution < 1.29 is 5.11 Å². The molecule has 1 atom stereocenters. The second kappa shape index (κ2) is 5.00. The summed E-state index contributed by atoms with van der Waals surface area (Å²) >= 11 is 0. The van der Waals surface area contributed by atoms with E-state index in [1.807, 2.05) is 0 Å². The summed E-state index contributed by atoms with van der Waals surface area (Å²) in [5, 5.41) is 9.23. The van der Waals surface area contributed by atoms with E-state index in [0.717, 1.165) is 5.57 Å². The van der Waals surface area contributed by atoms with Crippen molar-refractivity contribution in [2.45, 2.75) is 18.9 Å². The molecule has 0 rings (SSSR count). The van der Waals surface area contributed by atoms with E-state index in [1.165, 1.54) is 0 Å². The second-order valence-corrected chi connectivity index (χ2v) is 2.19. The van der Waals surface area contributed by atoms with Crippen LogP contribution in [0.15, 0.2) is 37.5 Å². The third kappa shape index (κ3) is 3.25. The smallest absolute Gasteiger partial charge is 0.0784 e. The van der Waals surface area contributed by atoms with Crippen molar-refractivity contribution in [1.82, 2.24) is 0 Å². The van der Waals surface area contributed by atoms with Gasteiger partial charge in [0.05, 0.1) is 6.10 Å². The number of aliphatic hydroxyl groups is 1. The SMILES string of the molecule is C=CCC(=C)C(O)CC=C. The lowest BCUT2D eigenvalue weighted by Crippen LogP contribution is -2.06. The van der Waals surface area contributed by atoms with Gasteiger partial charge in [-0.15, -0.1) is 13.2 Å². The van der Waals surface area contributed by atoms with Crippen LogP contribution >= 0.6 is 0 Å². The molecule has 0 aromatic carbocycles. The standard InChI is InChI=1S/C9H14O/c1-4-6-8(3)9(10)7-5-2/h4-5,9-10H,1-3,6-7H2. The molecule has 0 amide bonds. The first-order valence-corrected chi connectivity index (χ1v) is 3.30. The van der Waals surface area contributed by atoms with Crippen molar-refractivity contribution in [3.05, 3.63) is 37.5 Å². The Kier molecular flexibility index (Phi) is 4.59. The summed E-state index contributed by atoms with van der Waals surface area (Å²) in [7, 11) is 0. The van der Waals surface area contributed by atoms with Crippen molar-refractivity contribution in [3.63, 3.8) is 0 Å². The van der Waals surface area contributed by atoms with Crippen molar-refractivity contribution in [2.75, 3.05) is 0 Å². The summed E-state index contributed by atoms with van der Waals surface area (Å²) in [6, 6.07) is 0. The summed E-state index contributed by atoms with van der Waals surface area (Å²) in [5.41, 5.74) is 0.801. The maximum atomic E-state index is 9.23. The Hall–Kier alpha value is -0.820. The average Bonchev–Trinajstić information content (AvgIpc) is 1.89. The largest absolute Gasteiger partial charge is 0.388 e. The fourth-order valence-corrected chi connectivity index (χ4v) is 0.646. The number of aliphatic hydroxyl groups excluding tert-OH is 1. The van der Waals surface area contributed by atoms with Crippen LogP contribution in [-0.2, 0) is 0 Å². The molecule has 0 aromatic heterocycles. The zero-order valence-corrected chi connectivity index (χ0v) is 6.21. The lowest BCUT2D eigenvalue weighted by atomic mass is 10.1. The highest BCUT2D eigenvalue weighted by Gasteiger charge is 2.03. The van der Waals surface area contributed by atoms with Gasteiger partial charge in [-0.3, -0.25) is 0 Å². The van der Waals surface area contributed by atoms with Crippen LogP contribution in [-0.4, -0.2) is 11.2 Å². The molecule has 0 heterocycles. The van der Waals surface area contributed by atoms with E-state index in [4.69, 9.17) is 0 Å². The Labute approximate surface area is 62.4 Å². The number of hydrogen-bond donors (Lipinski definition) is 1. The molecule has 0 aliphatic carbocycles. The van der Waals surface area contributed by atoms with Gasteiger partial charge in [-0.25, -0.2) is 0 Å². The van der Waals surface area contributed by atoms with E-state index >= 15 is 0 Å². The van der Waals surface area contributed by atoms with Crippen LogP contribution in [0.5, 0.6) is 0 Å². The fraction of sp³-hybridized carbons (Fsp3) is 0.333. The fourth-order valence-electron chi connectivity index (χ4n) is 0.646. The van der Waals surface area contributed by atoms with E-state index in [-0.39, 0.29) is 0 Å². The number of allylic oxidation sites excluding steroid dienone is 1. The zero-order valence-electron chi connectivity index (χ0n) is 6.21. The Bertz CT molecular complexity index is 136. The van der Waals surface area contributed by atoms with Crippen molar-refractivity contribution >= 4 is 0 Å². The van der Waals surface area contributed by atoms with Gasteiger partial charge in [0.15, 0.2) is 0 Å². The van der Waals surface area contributed by atoms with Gasteiger partial charge in [0.1, 0.15) is 0 Å². The molecule has 1 unspecified atom stereocenters. The minimum Gasteiger partial charge on any atom is -0.388 e. The van der Waals surface area contributed by atoms with Gasteiger partial charge in [-0.2, -0.15) is 0 Å². The van der Waals surface area contributed by atoms with E-state index in [0.29, 0.717) is 12.8 Å². The highest BCUT2D eigenvalue weighted by atomic mass is 16.3. The van der Waals surface area contributed by atoms with Crippen molar-refractivity contribution in [3.8, 4) is 0 Å². The first-order valence-electron chi connectivity index (χ1n) is 3.30. The van der Waals surface area contributed by atoms with Crippen LogP contribution in [0.1, 0.15) is 12.8 Å². The molecule has 0 aromatic rings. The number of rotatable bonds is 5. The predicted octanol–water partition coefficient (Wildman–Crippen LogP) is 2.06. The van der Waals surface area contributed by atoms with Crippen LogP contribution in [0.25, 0.3) is 0 Å². The molecule has 0 aliphatic heterocycles. The summed E-state index contributed by atoms with van der Waals surface area (Å²) in [6.45, 7) is 10.8. The van der Waals surface area contributed by atoms with E-state index < -0.39 is 6.10 Å². The molecular weight excluding hydrogens is 124 g/mol. The lowest BCUT2D eigenvalue weighted by molar-refractivity contribution is 0.212. The molecule has 1 N–H and O–H groups in total. The summed E-state index contributed by atoms with van der Waals surface area (Å²) in [6.07, 6.45) is 4.21. The minimum atomic E-state index is -0.449. The van der Waals surface area contributed by atoms with Crippen LogP contribution in [0.2, 0.25) is 0 Å². The van der Waals surface area contributed by atoms with E-state index in [1.54, 1.807) is 12.2 Å². The Morgan fingerprint density at radius 2 is 2.00 bits per heavy atom. The Balaban J connectivity index is 3.68. The van der Waals surface area contributed by atoms with Gasteiger partial charge < -0.3 is 5.11 Å². The van der Waals surface area contributed by atoms with Crippen LogP contribution in [0, 0.1) is 0 Å². The first kappa shape index (κ1) is 9.18. The Morgan fingerprint density at radius 3 is 2.40 bits per heavy atom. The molecule has 0 fully saturated rings. The Morgan fingerprint density at radius 1 is 1.40 bits per heavy atom. The molecular formula is C9H14O. The van der Waals surface area contributed by atoms with Gasteiger partial charge in [0, 0.05) is 0 Å². The van der Waals surface area contributed by atoms with Crippen molar-refractivity contribution in [2.24, 2.45) is 0 Å². The zero-order chi connectivity index (χ0) is 7.98. The maximum absolute atomic E-state index is 9.23. The molecule has 56 valence electrons. The molecule has 0 bridgehead atoms. The van der Waals surface area contributed by atoms with Crippen LogP contribution in [0.3, 0.4) is 0 Å². The van der Waals surface area contributed by atoms with Gasteiger partial charge in [0.25, 0.3) is 0 Å². The van der Waals surface area contributed by atoms with Gasteiger partial charge in [-0.1, -0.05) is 18.7 Å². The lowest BCUT2D eigenvalue weighted by Gasteiger charge is -2.08. The quantitative estimate of drug-likeness (QED) is 0.576. The maximum Gasteiger partial charge on any atom is 0.0784 e. The van der Waals surface area contributed by atoms with E-state index in [2.05, 4.69) is 19.7 Å². The molecule has 1 nitrogen and oxygen atoms in total. The predicted molar refractivity (Wildman–Crippen MR) is 44.8 cm³/mol. The van der Waals surface area contributed by atoms with Crippen LogP contribution < -0.4 is 0 Å². The monoisotopic (exact) mass is 138 g/mol. The summed E-state index contributed by atoms with van der Waals surface area (Å²) in [4.78, 5) is 0. The van der Waals surface area contributed by atoms with E-state index in [9.17, 15) is 5.11 Å². The molecule has 1 heteroatoms. The second-order valence-electron chi connectivity index (χ2n) is 2.19. The minimum absolute atomic E-state index is 0.449. The molecule has 0 saturated heterocycles. The topological polar surface area (TPSA) is 20.2 Å². The third-order valence-corrected chi connectivity index (χ3v) is 1.27. The first-order chi connectivity index (χ1) is 4.72. The number of hydrogen-bond acceptors (Lipinski definition) is 1. The molecule has 10 heavy (non-hydrogen) atoms.